The number of nitrogens with two attached hydrogens (primary N) is 1. The van der Waals surface area contributed by atoms with E-state index in [4.69, 9.17) is 9.88 Å². The molecule has 1 fully saturated rings. The van der Waals surface area contributed by atoms with Crippen LogP contribution in [0.15, 0.2) is 53.4 Å². The van der Waals surface area contributed by atoms with Crippen LogP contribution >= 0.6 is 0 Å². The Labute approximate surface area is 180 Å². The molecule has 0 radical (unpaired) electrons. The number of primary sulfonamides is 1. The number of sulfonamides is 1. The van der Waals surface area contributed by atoms with Crippen LogP contribution in [-0.2, 0) is 29.1 Å². The first-order valence-corrected chi connectivity index (χ1v) is 11.1. The van der Waals surface area contributed by atoms with E-state index >= 15 is 0 Å². The highest BCUT2D eigenvalue weighted by atomic mass is 32.2. The van der Waals surface area contributed by atoms with Gasteiger partial charge in [-0.3, -0.25) is 14.4 Å². The van der Waals surface area contributed by atoms with Crippen molar-refractivity contribution in [3.63, 3.8) is 0 Å². The third-order valence-electron chi connectivity index (χ3n) is 4.92. The number of ether oxygens (including phenoxy) is 1. The van der Waals surface area contributed by atoms with Crippen LogP contribution in [0.5, 0.6) is 0 Å². The van der Waals surface area contributed by atoms with E-state index in [-0.39, 0.29) is 23.8 Å². The number of hydrogen-bond acceptors (Lipinski definition) is 6. The number of benzene rings is 2. The van der Waals surface area contributed by atoms with Crippen LogP contribution in [0.2, 0.25) is 0 Å². The molecule has 164 valence electrons. The van der Waals surface area contributed by atoms with Gasteiger partial charge < -0.3 is 15.0 Å². The largest absolute Gasteiger partial charge is 0.452 e. The van der Waals surface area contributed by atoms with Crippen LogP contribution in [0.25, 0.3) is 0 Å². The van der Waals surface area contributed by atoms with Crippen molar-refractivity contribution in [1.82, 2.24) is 0 Å². The highest BCUT2D eigenvalue weighted by Crippen LogP contribution is 2.26. The molecule has 0 unspecified atom stereocenters. The van der Waals surface area contributed by atoms with Crippen LogP contribution < -0.4 is 15.4 Å². The third kappa shape index (κ3) is 5.47. The quantitative estimate of drug-likeness (QED) is 0.648. The minimum Gasteiger partial charge on any atom is -0.452 e. The predicted octanol–water partition coefficient (Wildman–Crippen LogP) is 1.57. The molecule has 31 heavy (non-hydrogen) atoms. The molecule has 2 aromatic rings. The molecule has 2 amide bonds. The smallest absolute Gasteiger partial charge is 0.312 e. The van der Waals surface area contributed by atoms with Gasteiger partial charge in [-0.15, -0.1) is 0 Å². The highest BCUT2D eigenvalue weighted by molar-refractivity contribution is 7.89. The number of anilines is 2. The van der Waals surface area contributed by atoms with E-state index in [1.54, 1.807) is 0 Å². The van der Waals surface area contributed by atoms with Gasteiger partial charge in [0.2, 0.25) is 15.9 Å². The van der Waals surface area contributed by atoms with Crippen molar-refractivity contribution < 1.29 is 27.5 Å². The summed E-state index contributed by atoms with van der Waals surface area (Å²) in [6.07, 6.45) is -1.09. The lowest BCUT2D eigenvalue weighted by Gasteiger charge is -2.18. The maximum atomic E-state index is 12.5. The minimum atomic E-state index is -3.83. The van der Waals surface area contributed by atoms with Crippen molar-refractivity contribution >= 4 is 39.2 Å². The van der Waals surface area contributed by atoms with Crippen LogP contribution in [0.1, 0.15) is 18.9 Å². The number of amides is 2. The maximum Gasteiger partial charge on any atom is 0.312 e. The zero-order valence-corrected chi connectivity index (χ0v) is 17.9. The summed E-state index contributed by atoms with van der Waals surface area (Å²) in [5.74, 6) is -2.07. The summed E-state index contributed by atoms with van der Waals surface area (Å²) in [7, 11) is -3.83. The second-order valence-electron chi connectivity index (χ2n) is 7.38. The number of rotatable bonds is 6. The van der Waals surface area contributed by atoms with E-state index in [0.29, 0.717) is 11.4 Å². The van der Waals surface area contributed by atoms with Crippen molar-refractivity contribution in [2.75, 3.05) is 16.8 Å². The first-order valence-electron chi connectivity index (χ1n) is 9.56. The zero-order chi connectivity index (χ0) is 22.8. The number of nitrogens with one attached hydrogen (secondary N) is 1. The van der Waals surface area contributed by atoms with Crippen molar-refractivity contribution in [1.29, 1.82) is 0 Å². The van der Waals surface area contributed by atoms with Gasteiger partial charge in [0.05, 0.1) is 10.8 Å². The van der Waals surface area contributed by atoms with Crippen molar-refractivity contribution in [2.24, 2.45) is 11.1 Å². The second-order valence-corrected chi connectivity index (χ2v) is 8.94. The SMILES string of the molecule is Cc1ccc(N2C[C@@H](C(=O)O[C@H](C)C(=O)Nc3ccc(S(N)(=O)=O)cc3)CC2=O)cc1. The Hall–Kier alpha value is -3.24. The summed E-state index contributed by atoms with van der Waals surface area (Å²) < 4.78 is 27.8. The molecule has 0 aliphatic carbocycles. The molecule has 1 aliphatic heterocycles. The van der Waals surface area contributed by atoms with Crippen molar-refractivity contribution in [2.45, 2.75) is 31.3 Å². The summed E-state index contributed by atoms with van der Waals surface area (Å²) in [6, 6.07) is 12.7. The van der Waals surface area contributed by atoms with Gasteiger partial charge in [-0.05, 0) is 50.2 Å². The van der Waals surface area contributed by atoms with Gasteiger partial charge in [-0.1, -0.05) is 17.7 Å². The molecule has 10 heteroatoms. The number of aryl methyl sites for hydroxylation is 1. The van der Waals surface area contributed by atoms with Gasteiger partial charge in [0, 0.05) is 24.3 Å². The summed E-state index contributed by atoms with van der Waals surface area (Å²) in [5.41, 5.74) is 2.09. The molecule has 0 bridgehead atoms. The van der Waals surface area contributed by atoms with E-state index in [0.717, 1.165) is 5.56 Å². The molecule has 0 aromatic heterocycles. The van der Waals surface area contributed by atoms with Crippen molar-refractivity contribution in [3.8, 4) is 0 Å². The topological polar surface area (TPSA) is 136 Å². The highest BCUT2D eigenvalue weighted by Gasteiger charge is 2.37. The van der Waals surface area contributed by atoms with Crippen LogP contribution in [0, 0.1) is 12.8 Å². The Balaban J connectivity index is 1.56. The van der Waals surface area contributed by atoms with E-state index < -0.39 is 33.9 Å². The first-order chi connectivity index (χ1) is 14.5. The Morgan fingerprint density at radius 3 is 2.32 bits per heavy atom. The lowest BCUT2D eigenvalue weighted by Crippen LogP contribution is -2.33. The Kier molecular flexibility index (Phi) is 6.42. The molecule has 0 saturated carbocycles. The lowest BCUT2D eigenvalue weighted by molar-refractivity contribution is -0.157. The predicted molar refractivity (Wildman–Crippen MR) is 114 cm³/mol. The molecule has 1 heterocycles. The average Bonchev–Trinajstić information content (AvgIpc) is 3.10. The molecule has 1 aliphatic rings. The van der Waals surface area contributed by atoms with E-state index in [9.17, 15) is 22.8 Å². The van der Waals surface area contributed by atoms with E-state index in [1.165, 1.54) is 36.1 Å². The number of hydrogen-bond donors (Lipinski definition) is 2. The fraction of sp³-hybridized carbons (Fsp3) is 0.286. The molecule has 2 aromatic carbocycles. The molecule has 3 rings (SSSR count). The zero-order valence-electron chi connectivity index (χ0n) is 17.1. The summed E-state index contributed by atoms with van der Waals surface area (Å²) in [4.78, 5) is 38.6. The normalized spacial score (nSPS) is 17.3. The fourth-order valence-corrected chi connectivity index (χ4v) is 3.65. The average molecular weight is 445 g/mol. The van der Waals surface area contributed by atoms with Crippen LogP contribution in [0.4, 0.5) is 11.4 Å². The molecule has 2 atom stereocenters. The maximum absolute atomic E-state index is 12.5. The number of esters is 1. The van der Waals surface area contributed by atoms with E-state index in [1.807, 2.05) is 31.2 Å². The van der Waals surface area contributed by atoms with Gasteiger partial charge in [0.15, 0.2) is 6.10 Å². The number of carbonyl (C=O) groups excluding carboxylic acids is 3. The third-order valence-corrected chi connectivity index (χ3v) is 5.85. The second kappa shape index (κ2) is 8.86. The molecule has 9 nitrogen and oxygen atoms in total. The number of carbonyl (C=O) groups is 3. The summed E-state index contributed by atoms with van der Waals surface area (Å²) >= 11 is 0. The van der Waals surface area contributed by atoms with Gasteiger partial charge in [0.25, 0.3) is 5.91 Å². The fourth-order valence-electron chi connectivity index (χ4n) is 3.14. The van der Waals surface area contributed by atoms with Crippen molar-refractivity contribution in [3.05, 3.63) is 54.1 Å². The Bertz CT molecular complexity index is 1100. The molecule has 3 N–H and O–H groups in total. The van der Waals surface area contributed by atoms with Crippen LogP contribution in [0.3, 0.4) is 0 Å². The monoisotopic (exact) mass is 445 g/mol. The molecule has 0 spiro atoms. The summed E-state index contributed by atoms with van der Waals surface area (Å²) in [6.45, 7) is 3.54. The van der Waals surface area contributed by atoms with E-state index in [2.05, 4.69) is 5.32 Å². The Morgan fingerprint density at radius 1 is 1.13 bits per heavy atom. The standard InChI is InChI=1S/C21H23N3O6S/c1-13-3-7-17(8-4-13)24-12-15(11-19(24)25)21(27)30-14(2)20(26)23-16-5-9-18(10-6-16)31(22,28)29/h3-10,14-15H,11-12H2,1-2H3,(H,23,26)(H2,22,28,29)/t14-,15+/m1/s1. The lowest BCUT2D eigenvalue weighted by atomic mass is 10.1. The van der Waals surface area contributed by atoms with Gasteiger partial charge in [0.1, 0.15) is 0 Å². The first kappa shape index (κ1) is 22.4. The molecular weight excluding hydrogens is 422 g/mol. The molecule has 1 saturated heterocycles. The molecular formula is C21H23N3O6S. The summed E-state index contributed by atoms with van der Waals surface area (Å²) in [5, 5.41) is 7.57. The number of nitrogens with zero attached hydrogens (tertiary/aromatic N) is 1. The minimum absolute atomic E-state index is 0.00999. The Morgan fingerprint density at radius 2 is 1.74 bits per heavy atom. The van der Waals surface area contributed by atoms with Gasteiger partial charge in [-0.25, -0.2) is 13.6 Å². The van der Waals surface area contributed by atoms with Gasteiger partial charge >= 0.3 is 5.97 Å². The van der Waals surface area contributed by atoms with Gasteiger partial charge in [-0.2, -0.15) is 0 Å². The van der Waals surface area contributed by atoms with Crippen LogP contribution in [-0.4, -0.2) is 38.9 Å².